The van der Waals surface area contributed by atoms with Crippen molar-refractivity contribution in [2.24, 2.45) is 0 Å². The van der Waals surface area contributed by atoms with Crippen LogP contribution in [0.3, 0.4) is 0 Å². The zero-order valence-electron chi connectivity index (χ0n) is 12.1. The molecule has 0 saturated heterocycles. The van der Waals surface area contributed by atoms with Crippen LogP contribution in [-0.2, 0) is 0 Å². The van der Waals surface area contributed by atoms with E-state index < -0.39 is 4.92 Å². The minimum absolute atomic E-state index is 0.0250. The van der Waals surface area contributed by atoms with E-state index in [0.29, 0.717) is 17.2 Å². The maximum Gasteiger partial charge on any atom is 0.290 e. The molecule has 0 unspecified atom stereocenters. The maximum absolute atomic E-state index is 10.7. The fraction of sp³-hybridized carbons (Fsp3) is 0.267. The van der Waals surface area contributed by atoms with Crippen molar-refractivity contribution in [1.29, 1.82) is 0 Å². The number of aryl methyl sites for hydroxylation is 1. The lowest BCUT2D eigenvalue weighted by molar-refractivity contribution is -0.385. The number of ether oxygens (including phenoxy) is 2. The van der Waals surface area contributed by atoms with E-state index in [-0.39, 0.29) is 11.8 Å². The average Bonchev–Trinajstić information content (AvgIpc) is 2.40. The number of rotatable bonds is 5. The molecule has 1 heterocycles. The summed E-state index contributed by atoms with van der Waals surface area (Å²) in [5.74, 6) is 1.66. The molecule has 0 atom stereocenters. The molecule has 0 aliphatic carbocycles. The summed E-state index contributed by atoms with van der Waals surface area (Å²) in [4.78, 5) is 14.2. The van der Waals surface area contributed by atoms with Gasteiger partial charge < -0.3 is 9.47 Å². The van der Waals surface area contributed by atoms with Crippen LogP contribution in [0.15, 0.2) is 36.5 Å². The first-order valence-corrected chi connectivity index (χ1v) is 6.51. The topological polar surface area (TPSA) is 74.5 Å². The van der Waals surface area contributed by atoms with Crippen LogP contribution in [0.2, 0.25) is 0 Å². The van der Waals surface area contributed by atoms with Gasteiger partial charge in [-0.05, 0) is 45.0 Å². The highest BCUT2D eigenvalue weighted by Crippen LogP contribution is 2.26. The van der Waals surface area contributed by atoms with Crippen molar-refractivity contribution in [2.45, 2.75) is 26.9 Å². The predicted molar refractivity (Wildman–Crippen MR) is 77.9 cm³/mol. The normalized spacial score (nSPS) is 10.5. The van der Waals surface area contributed by atoms with Gasteiger partial charge in [0, 0.05) is 11.6 Å². The number of nitrogens with zero attached hydrogens (tertiary/aromatic N) is 2. The second-order valence-electron chi connectivity index (χ2n) is 4.81. The van der Waals surface area contributed by atoms with Crippen molar-refractivity contribution < 1.29 is 14.4 Å². The lowest BCUT2D eigenvalue weighted by Crippen LogP contribution is -2.05. The minimum Gasteiger partial charge on any atom is -0.491 e. The number of aromatic nitrogens is 1. The molecule has 0 aliphatic rings. The van der Waals surface area contributed by atoms with Gasteiger partial charge in [-0.2, -0.15) is 0 Å². The van der Waals surface area contributed by atoms with Crippen molar-refractivity contribution in [3.05, 3.63) is 52.2 Å². The highest BCUT2D eigenvalue weighted by Gasteiger charge is 2.12. The van der Waals surface area contributed by atoms with E-state index in [1.165, 1.54) is 12.3 Å². The third-order valence-corrected chi connectivity index (χ3v) is 2.67. The first-order chi connectivity index (χ1) is 9.95. The molecule has 6 nitrogen and oxygen atoms in total. The number of pyridine rings is 1. The first kappa shape index (κ1) is 14.8. The molecular weight excluding hydrogens is 272 g/mol. The Morgan fingerprint density at radius 1 is 1.19 bits per heavy atom. The Morgan fingerprint density at radius 2 is 1.81 bits per heavy atom. The van der Waals surface area contributed by atoms with Gasteiger partial charge in [0.15, 0.2) is 0 Å². The zero-order valence-corrected chi connectivity index (χ0v) is 12.1. The molecule has 0 N–H and O–H groups in total. The van der Waals surface area contributed by atoms with Gasteiger partial charge in [-0.3, -0.25) is 10.1 Å². The first-order valence-electron chi connectivity index (χ1n) is 6.51. The third kappa shape index (κ3) is 3.92. The van der Waals surface area contributed by atoms with Crippen LogP contribution in [0.5, 0.6) is 17.4 Å². The summed E-state index contributed by atoms with van der Waals surface area (Å²) in [5, 5.41) is 10.7. The van der Waals surface area contributed by atoms with E-state index in [2.05, 4.69) is 4.98 Å². The number of benzene rings is 1. The van der Waals surface area contributed by atoms with Gasteiger partial charge in [-0.15, -0.1) is 0 Å². The number of hydrogen-bond acceptors (Lipinski definition) is 5. The van der Waals surface area contributed by atoms with Gasteiger partial charge in [-0.1, -0.05) is 0 Å². The standard InChI is InChI=1S/C15H16N2O4/c1-10(2)20-12-4-6-13(7-5-12)21-15-8-11(3)14(9-16-15)17(18)19/h4-10H,1-3H3. The van der Waals surface area contributed by atoms with Crippen molar-refractivity contribution >= 4 is 5.69 Å². The van der Waals surface area contributed by atoms with Crippen LogP contribution < -0.4 is 9.47 Å². The highest BCUT2D eigenvalue weighted by molar-refractivity contribution is 5.41. The molecule has 0 saturated carbocycles. The second-order valence-corrected chi connectivity index (χ2v) is 4.81. The van der Waals surface area contributed by atoms with Crippen molar-refractivity contribution in [1.82, 2.24) is 4.98 Å². The summed E-state index contributed by atoms with van der Waals surface area (Å²) in [6.07, 6.45) is 1.30. The second kappa shape index (κ2) is 6.21. The average molecular weight is 288 g/mol. The molecule has 2 aromatic rings. The maximum atomic E-state index is 10.7. The quantitative estimate of drug-likeness (QED) is 0.616. The molecule has 0 amide bonds. The molecule has 6 heteroatoms. The van der Waals surface area contributed by atoms with E-state index >= 15 is 0 Å². The summed E-state index contributed by atoms with van der Waals surface area (Å²) < 4.78 is 11.1. The molecule has 2 rings (SSSR count). The molecule has 110 valence electrons. The van der Waals surface area contributed by atoms with Gasteiger partial charge in [0.2, 0.25) is 5.88 Å². The largest absolute Gasteiger partial charge is 0.491 e. The molecule has 1 aromatic carbocycles. The fourth-order valence-electron chi connectivity index (χ4n) is 1.75. The third-order valence-electron chi connectivity index (χ3n) is 2.67. The Labute approximate surface area is 122 Å². The Balaban J connectivity index is 2.11. The van der Waals surface area contributed by atoms with Gasteiger partial charge >= 0.3 is 0 Å². The van der Waals surface area contributed by atoms with E-state index in [9.17, 15) is 10.1 Å². The van der Waals surface area contributed by atoms with Crippen LogP contribution in [0.4, 0.5) is 5.69 Å². The monoisotopic (exact) mass is 288 g/mol. The Bertz CT molecular complexity index is 639. The van der Waals surface area contributed by atoms with Crippen LogP contribution in [0.1, 0.15) is 19.4 Å². The molecule has 0 radical (unpaired) electrons. The van der Waals surface area contributed by atoms with Crippen LogP contribution >= 0.6 is 0 Å². The van der Waals surface area contributed by atoms with E-state index in [0.717, 1.165) is 5.75 Å². The van der Waals surface area contributed by atoms with Gasteiger partial charge in [0.1, 0.15) is 17.7 Å². The smallest absolute Gasteiger partial charge is 0.290 e. The van der Waals surface area contributed by atoms with E-state index in [1.54, 1.807) is 31.2 Å². The SMILES string of the molecule is Cc1cc(Oc2ccc(OC(C)C)cc2)ncc1[N+](=O)[O-]. The van der Waals surface area contributed by atoms with Gasteiger partial charge in [-0.25, -0.2) is 4.98 Å². The van der Waals surface area contributed by atoms with E-state index in [4.69, 9.17) is 9.47 Å². The molecule has 0 bridgehead atoms. The highest BCUT2D eigenvalue weighted by atomic mass is 16.6. The summed E-state index contributed by atoms with van der Waals surface area (Å²) >= 11 is 0. The molecule has 0 aliphatic heterocycles. The number of nitro groups is 1. The van der Waals surface area contributed by atoms with Crippen molar-refractivity contribution in [3.8, 4) is 17.4 Å². The fourth-order valence-corrected chi connectivity index (χ4v) is 1.75. The lowest BCUT2D eigenvalue weighted by Gasteiger charge is -2.10. The van der Waals surface area contributed by atoms with Crippen LogP contribution in [0, 0.1) is 17.0 Å². The summed E-state index contributed by atoms with van der Waals surface area (Å²) in [5.41, 5.74) is 0.479. The van der Waals surface area contributed by atoms with Gasteiger partial charge in [0.25, 0.3) is 5.69 Å². The molecule has 0 fully saturated rings. The summed E-state index contributed by atoms with van der Waals surface area (Å²) in [6.45, 7) is 5.55. The van der Waals surface area contributed by atoms with Crippen molar-refractivity contribution in [2.75, 3.05) is 0 Å². The Kier molecular flexibility index (Phi) is 4.37. The van der Waals surface area contributed by atoms with Gasteiger partial charge in [0.05, 0.1) is 11.0 Å². The lowest BCUT2D eigenvalue weighted by atomic mass is 10.2. The molecule has 21 heavy (non-hydrogen) atoms. The van der Waals surface area contributed by atoms with Crippen molar-refractivity contribution in [3.63, 3.8) is 0 Å². The van der Waals surface area contributed by atoms with Crippen LogP contribution in [-0.4, -0.2) is 16.0 Å². The summed E-state index contributed by atoms with van der Waals surface area (Å²) in [7, 11) is 0. The Morgan fingerprint density at radius 3 is 2.33 bits per heavy atom. The Hall–Kier alpha value is -2.63. The number of hydrogen-bond donors (Lipinski definition) is 0. The molecule has 0 spiro atoms. The minimum atomic E-state index is -0.468. The predicted octanol–water partition coefficient (Wildman–Crippen LogP) is 3.88. The molecule has 1 aromatic heterocycles. The summed E-state index contributed by atoms with van der Waals surface area (Å²) in [6, 6.07) is 8.66. The molecular formula is C15H16N2O4. The zero-order chi connectivity index (χ0) is 15.4. The van der Waals surface area contributed by atoms with E-state index in [1.807, 2.05) is 13.8 Å². The van der Waals surface area contributed by atoms with Crippen LogP contribution in [0.25, 0.3) is 0 Å².